The smallest absolute Gasteiger partial charge is 0.196 e. The summed E-state index contributed by atoms with van der Waals surface area (Å²) in [6.07, 6.45) is 3.80. The Hall–Kier alpha value is -4.12. The number of rotatable bonds is 5. The third-order valence-corrected chi connectivity index (χ3v) is 5.14. The van der Waals surface area contributed by atoms with Crippen LogP contribution < -0.4 is 4.74 Å². The maximum absolute atomic E-state index is 13.6. The maximum Gasteiger partial charge on any atom is 0.196 e. The van der Waals surface area contributed by atoms with Gasteiger partial charge in [-0.1, -0.05) is 42.5 Å². The maximum atomic E-state index is 13.6. The molecule has 0 fully saturated rings. The number of aromatic nitrogens is 3. The number of carbonyl (C=O) groups excluding carboxylic acids is 1. The lowest BCUT2D eigenvalue weighted by Crippen LogP contribution is -2.04. The van der Waals surface area contributed by atoms with Crippen LogP contribution in [0.1, 0.15) is 21.7 Å². The van der Waals surface area contributed by atoms with Crippen LogP contribution in [0.25, 0.3) is 33.6 Å². The Morgan fingerprint density at radius 1 is 0.967 bits per heavy atom. The minimum atomic E-state index is -0.127. The Balaban J connectivity index is 1.69. The molecular formula is C25H19N3O2. The number of ether oxygens (including phenoxy) is 1. The van der Waals surface area contributed by atoms with Gasteiger partial charge in [0.05, 0.1) is 23.7 Å². The number of Topliss-reactive ketones (excluding diaryl/α,β-unsaturated/α-hetero) is 1. The van der Waals surface area contributed by atoms with Crippen molar-refractivity contribution in [1.82, 2.24) is 15.0 Å². The van der Waals surface area contributed by atoms with E-state index in [4.69, 9.17) is 4.74 Å². The Kier molecular flexibility index (Phi) is 4.41. The molecule has 0 amide bonds. The predicted molar refractivity (Wildman–Crippen MR) is 120 cm³/mol. The highest BCUT2D eigenvalue weighted by Gasteiger charge is 2.19. The number of hydrogen-bond acceptors (Lipinski definition) is 3. The molecule has 0 saturated heterocycles. The number of ketones is 1. The SMILES string of the molecule is COc1cccc(C(=O)C(=Cc2c[nH]c3ccccc23)c2nc3ccccc3[nH]2)c1. The highest BCUT2D eigenvalue weighted by Crippen LogP contribution is 2.27. The van der Waals surface area contributed by atoms with Crippen molar-refractivity contribution in [3.8, 4) is 5.75 Å². The number of nitrogens with zero attached hydrogens (tertiary/aromatic N) is 1. The number of methoxy groups -OCH3 is 1. The first kappa shape index (κ1) is 17.9. The summed E-state index contributed by atoms with van der Waals surface area (Å²) in [5.41, 5.74) is 4.68. The van der Waals surface area contributed by atoms with Gasteiger partial charge in [-0.2, -0.15) is 0 Å². The van der Waals surface area contributed by atoms with Gasteiger partial charge in [-0.3, -0.25) is 4.79 Å². The number of imidazole rings is 1. The quantitative estimate of drug-likeness (QED) is 0.307. The summed E-state index contributed by atoms with van der Waals surface area (Å²) in [5, 5.41) is 1.05. The van der Waals surface area contributed by atoms with Gasteiger partial charge in [0.15, 0.2) is 5.78 Å². The van der Waals surface area contributed by atoms with E-state index in [1.165, 1.54) is 0 Å². The van der Waals surface area contributed by atoms with Crippen molar-refractivity contribution in [1.29, 1.82) is 0 Å². The summed E-state index contributed by atoms with van der Waals surface area (Å²) < 4.78 is 5.30. The number of aromatic amines is 2. The molecular weight excluding hydrogens is 374 g/mol. The fourth-order valence-electron chi connectivity index (χ4n) is 3.61. The zero-order valence-electron chi connectivity index (χ0n) is 16.3. The van der Waals surface area contributed by atoms with E-state index in [0.717, 1.165) is 27.5 Å². The van der Waals surface area contributed by atoms with E-state index in [9.17, 15) is 4.79 Å². The first-order valence-electron chi connectivity index (χ1n) is 9.64. The molecule has 30 heavy (non-hydrogen) atoms. The standard InChI is InChI=1S/C25H19N3O2/c1-30-18-8-6-7-16(13-18)24(29)20(25-27-22-11-4-5-12-23(22)28-25)14-17-15-26-21-10-3-2-9-19(17)21/h2-15,26H,1H3,(H,27,28). The minimum Gasteiger partial charge on any atom is -0.497 e. The van der Waals surface area contributed by atoms with Crippen LogP contribution in [-0.4, -0.2) is 27.8 Å². The lowest BCUT2D eigenvalue weighted by molar-refractivity contribution is 0.105. The highest BCUT2D eigenvalue weighted by molar-refractivity contribution is 6.32. The molecule has 0 saturated carbocycles. The molecule has 0 radical (unpaired) electrons. The van der Waals surface area contributed by atoms with Crippen LogP contribution in [0.4, 0.5) is 0 Å². The third kappa shape index (κ3) is 3.16. The molecule has 5 nitrogen and oxygen atoms in total. The average molecular weight is 393 g/mol. The van der Waals surface area contributed by atoms with Gasteiger partial charge in [-0.25, -0.2) is 4.98 Å². The number of para-hydroxylation sites is 3. The van der Waals surface area contributed by atoms with E-state index >= 15 is 0 Å². The Bertz CT molecular complexity index is 1380. The van der Waals surface area contributed by atoms with Crippen LogP contribution in [0.5, 0.6) is 5.75 Å². The van der Waals surface area contributed by atoms with Crippen LogP contribution in [0.15, 0.2) is 79.0 Å². The first-order valence-corrected chi connectivity index (χ1v) is 9.64. The Morgan fingerprint density at radius 3 is 2.60 bits per heavy atom. The van der Waals surface area contributed by atoms with Gasteiger partial charge in [-0.15, -0.1) is 0 Å². The van der Waals surface area contributed by atoms with Gasteiger partial charge in [0.2, 0.25) is 0 Å². The van der Waals surface area contributed by atoms with Crippen LogP contribution >= 0.6 is 0 Å². The molecule has 0 aliphatic carbocycles. The van der Waals surface area contributed by atoms with Crippen molar-refractivity contribution in [3.63, 3.8) is 0 Å². The number of benzene rings is 3. The van der Waals surface area contributed by atoms with Crippen LogP contribution in [0.2, 0.25) is 0 Å². The van der Waals surface area contributed by atoms with Crippen molar-refractivity contribution >= 4 is 39.4 Å². The summed E-state index contributed by atoms with van der Waals surface area (Å²) >= 11 is 0. The van der Waals surface area contributed by atoms with Crippen molar-refractivity contribution in [2.45, 2.75) is 0 Å². The number of fused-ring (bicyclic) bond motifs is 2. The lowest BCUT2D eigenvalue weighted by Gasteiger charge is -2.06. The van der Waals surface area contributed by atoms with E-state index < -0.39 is 0 Å². The summed E-state index contributed by atoms with van der Waals surface area (Å²) in [7, 11) is 1.59. The monoisotopic (exact) mass is 393 g/mol. The summed E-state index contributed by atoms with van der Waals surface area (Å²) in [4.78, 5) is 24.8. The summed E-state index contributed by atoms with van der Waals surface area (Å²) in [6, 6.07) is 22.9. The molecule has 0 aliphatic rings. The van der Waals surface area contributed by atoms with Gasteiger partial charge >= 0.3 is 0 Å². The van der Waals surface area contributed by atoms with Crippen LogP contribution in [0, 0.1) is 0 Å². The molecule has 3 aromatic carbocycles. The molecule has 5 rings (SSSR count). The molecule has 2 heterocycles. The first-order chi connectivity index (χ1) is 14.7. The number of carbonyl (C=O) groups is 1. The molecule has 0 bridgehead atoms. The van der Waals surface area contributed by atoms with Crippen molar-refractivity contribution < 1.29 is 9.53 Å². The predicted octanol–water partition coefficient (Wildman–Crippen LogP) is 5.48. The zero-order chi connectivity index (χ0) is 20.5. The third-order valence-electron chi connectivity index (χ3n) is 5.14. The Labute approximate surface area is 173 Å². The fourth-order valence-corrected chi connectivity index (χ4v) is 3.61. The average Bonchev–Trinajstić information content (AvgIpc) is 3.41. The van der Waals surface area contributed by atoms with E-state index in [1.54, 1.807) is 19.2 Å². The van der Waals surface area contributed by atoms with Gasteiger partial charge < -0.3 is 14.7 Å². The molecule has 0 spiro atoms. The van der Waals surface area contributed by atoms with E-state index in [1.807, 2.05) is 72.9 Å². The number of allylic oxidation sites excluding steroid dienone is 1. The van der Waals surface area contributed by atoms with Crippen molar-refractivity contribution in [2.24, 2.45) is 0 Å². The van der Waals surface area contributed by atoms with Crippen LogP contribution in [0.3, 0.4) is 0 Å². The number of nitrogens with one attached hydrogen (secondary N) is 2. The molecule has 5 aromatic rings. The summed E-state index contributed by atoms with van der Waals surface area (Å²) in [5.74, 6) is 1.05. The van der Waals surface area contributed by atoms with E-state index in [-0.39, 0.29) is 5.78 Å². The molecule has 2 aromatic heterocycles. The molecule has 0 aliphatic heterocycles. The van der Waals surface area contributed by atoms with Crippen LogP contribution in [-0.2, 0) is 0 Å². The second kappa shape index (κ2) is 7.37. The summed E-state index contributed by atoms with van der Waals surface area (Å²) in [6.45, 7) is 0. The molecule has 0 atom stereocenters. The van der Waals surface area contributed by atoms with E-state index in [2.05, 4.69) is 15.0 Å². The number of hydrogen-bond donors (Lipinski definition) is 2. The molecule has 2 N–H and O–H groups in total. The largest absolute Gasteiger partial charge is 0.497 e. The molecule has 0 unspecified atom stereocenters. The fraction of sp³-hybridized carbons (Fsp3) is 0.0400. The van der Waals surface area contributed by atoms with Gasteiger partial charge in [0.1, 0.15) is 11.6 Å². The second-order valence-corrected chi connectivity index (χ2v) is 7.01. The van der Waals surface area contributed by atoms with Gasteiger partial charge in [0.25, 0.3) is 0 Å². The zero-order valence-corrected chi connectivity index (χ0v) is 16.3. The lowest BCUT2D eigenvalue weighted by atomic mass is 10.00. The topological polar surface area (TPSA) is 70.8 Å². The molecule has 5 heteroatoms. The van der Waals surface area contributed by atoms with Gasteiger partial charge in [0, 0.05) is 28.2 Å². The number of H-pyrrole nitrogens is 2. The van der Waals surface area contributed by atoms with Crippen molar-refractivity contribution in [2.75, 3.05) is 7.11 Å². The highest BCUT2D eigenvalue weighted by atomic mass is 16.5. The van der Waals surface area contributed by atoms with E-state index in [0.29, 0.717) is 22.7 Å². The normalized spacial score (nSPS) is 11.8. The minimum absolute atomic E-state index is 0.127. The Morgan fingerprint density at radius 2 is 1.77 bits per heavy atom. The van der Waals surface area contributed by atoms with Crippen molar-refractivity contribution in [3.05, 3.63) is 95.9 Å². The second-order valence-electron chi connectivity index (χ2n) is 7.01. The van der Waals surface area contributed by atoms with Gasteiger partial charge in [-0.05, 0) is 36.4 Å². The molecule has 146 valence electrons.